The van der Waals surface area contributed by atoms with Crippen molar-refractivity contribution in [2.24, 2.45) is 0 Å². The van der Waals surface area contributed by atoms with Gasteiger partial charge in [0.25, 0.3) is 0 Å². The number of halogens is 1. The Balaban J connectivity index is 2.08. The molecule has 1 aromatic heterocycles. The first-order valence-electron chi connectivity index (χ1n) is 4.99. The highest BCUT2D eigenvalue weighted by atomic mass is 79.9. The van der Waals surface area contributed by atoms with Gasteiger partial charge in [0, 0.05) is 11.0 Å². The van der Waals surface area contributed by atoms with Gasteiger partial charge in [-0.25, -0.2) is 0 Å². The molecule has 0 saturated carbocycles. The van der Waals surface area contributed by atoms with E-state index in [4.69, 9.17) is 5.26 Å². The van der Waals surface area contributed by atoms with Crippen LogP contribution < -0.4 is 5.32 Å². The van der Waals surface area contributed by atoms with Crippen LogP contribution in [0.1, 0.15) is 11.1 Å². The second-order valence-electron chi connectivity index (χ2n) is 3.39. The molecule has 4 nitrogen and oxygen atoms in total. The molecule has 0 amide bonds. The lowest BCUT2D eigenvalue weighted by atomic mass is 10.2. The van der Waals surface area contributed by atoms with E-state index >= 15 is 0 Å². The summed E-state index contributed by atoms with van der Waals surface area (Å²) in [6.07, 6.45) is 1.50. The van der Waals surface area contributed by atoms with E-state index in [2.05, 4.69) is 37.5 Å². The molecule has 1 aromatic carbocycles. The van der Waals surface area contributed by atoms with Gasteiger partial charge < -0.3 is 5.32 Å². The highest BCUT2D eigenvalue weighted by molar-refractivity contribution is 9.10. The summed E-state index contributed by atoms with van der Waals surface area (Å²) in [5, 5.41) is 19.6. The Morgan fingerprint density at radius 1 is 1.24 bits per heavy atom. The van der Waals surface area contributed by atoms with Gasteiger partial charge in [-0.1, -0.05) is 28.1 Å². The van der Waals surface area contributed by atoms with Crippen LogP contribution in [0.5, 0.6) is 0 Å². The molecule has 0 aliphatic carbocycles. The van der Waals surface area contributed by atoms with Crippen LogP contribution in [0.4, 0.5) is 5.82 Å². The number of rotatable bonds is 3. The third kappa shape index (κ3) is 3.02. The van der Waals surface area contributed by atoms with Crippen molar-refractivity contribution in [3.63, 3.8) is 0 Å². The predicted molar refractivity (Wildman–Crippen MR) is 68.2 cm³/mol. The fraction of sp³-hybridized carbons (Fsp3) is 0.0833. The lowest BCUT2D eigenvalue weighted by molar-refractivity contribution is 0.994. The number of benzene rings is 1. The molecular weight excluding hydrogens is 280 g/mol. The van der Waals surface area contributed by atoms with Crippen molar-refractivity contribution in [1.29, 1.82) is 5.26 Å². The van der Waals surface area contributed by atoms with E-state index in [1.165, 1.54) is 6.20 Å². The molecule has 1 heterocycles. The fourth-order valence-corrected chi connectivity index (χ4v) is 1.60. The van der Waals surface area contributed by atoms with Crippen molar-refractivity contribution in [3.05, 3.63) is 52.1 Å². The van der Waals surface area contributed by atoms with Gasteiger partial charge in [0.2, 0.25) is 0 Å². The van der Waals surface area contributed by atoms with E-state index in [1.54, 1.807) is 6.07 Å². The fourth-order valence-electron chi connectivity index (χ4n) is 1.34. The van der Waals surface area contributed by atoms with Crippen LogP contribution in [0.25, 0.3) is 0 Å². The molecule has 0 saturated heterocycles. The maximum Gasteiger partial charge on any atom is 0.166 e. The zero-order valence-electron chi connectivity index (χ0n) is 8.89. The van der Waals surface area contributed by atoms with Gasteiger partial charge in [0.1, 0.15) is 6.07 Å². The van der Waals surface area contributed by atoms with Crippen LogP contribution in [0.15, 0.2) is 41.0 Å². The molecule has 5 heteroatoms. The minimum Gasteiger partial charge on any atom is -0.363 e. The van der Waals surface area contributed by atoms with Crippen LogP contribution in [-0.2, 0) is 6.54 Å². The second-order valence-corrected chi connectivity index (χ2v) is 4.30. The minimum absolute atomic E-state index is 0.497. The Morgan fingerprint density at radius 3 is 2.71 bits per heavy atom. The number of aromatic nitrogens is 2. The first kappa shape index (κ1) is 11.6. The standard InChI is InChI=1S/C12H9BrN4/c13-11-3-1-9(2-4-11)8-15-12-10(7-14)5-6-16-17-12/h1-6H,8H2,(H,15,17). The van der Waals surface area contributed by atoms with Gasteiger partial charge in [-0.2, -0.15) is 10.4 Å². The predicted octanol–water partition coefficient (Wildman–Crippen LogP) is 2.72. The van der Waals surface area contributed by atoms with Crippen molar-refractivity contribution in [2.45, 2.75) is 6.54 Å². The molecule has 0 spiro atoms. The van der Waals surface area contributed by atoms with E-state index < -0.39 is 0 Å². The van der Waals surface area contributed by atoms with Crippen LogP contribution in [0, 0.1) is 11.3 Å². The van der Waals surface area contributed by atoms with E-state index in [-0.39, 0.29) is 0 Å². The number of anilines is 1. The summed E-state index contributed by atoms with van der Waals surface area (Å²) in [5.74, 6) is 0.512. The van der Waals surface area contributed by atoms with Crippen molar-refractivity contribution >= 4 is 21.7 Å². The number of nitriles is 1. The first-order valence-corrected chi connectivity index (χ1v) is 5.79. The summed E-state index contributed by atoms with van der Waals surface area (Å²) < 4.78 is 1.04. The van der Waals surface area contributed by atoms with Crippen LogP contribution in [-0.4, -0.2) is 10.2 Å². The van der Waals surface area contributed by atoms with Gasteiger partial charge in [-0.05, 0) is 23.8 Å². The first-order chi connectivity index (χ1) is 8.29. The maximum atomic E-state index is 8.89. The molecule has 1 N–H and O–H groups in total. The topological polar surface area (TPSA) is 61.6 Å². The average molecular weight is 289 g/mol. The Hall–Kier alpha value is -1.93. The summed E-state index contributed by atoms with van der Waals surface area (Å²) in [4.78, 5) is 0. The molecule has 2 rings (SSSR count). The summed E-state index contributed by atoms with van der Waals surface area (Å²) in [6.45, 7) is 0.612. The summed E-state index contributed by atoms with van der Waals surface area (Å²) in [7, 11) is 0. The molecule has 0 radical (unpaired) electrons. The maximum absolute atomic E-state index is 8.89. The van der Waals surface area contributed by atoms with Crippen molar-refractivity contribution in [2.75, 3.05) is 5.32 Å². The molecule has 0 atom stereocenters. The smallest absolute Gasteiger partial charge is 0.166 e. The van der Waals surface area contributed by atoms with Gasteiger partial charge >= 0.3 is 0 Å². The molecule has 0 aliphatic rings. The van der Waals surface area contributed by atoms with Gasteiger partial charge in [-0.15, -0.1) is 5.10 Å². The Labute approximate surface area is 107 Å². The number of hydrogen-bond donors (Lipinski definition) is 1. The van der Waals surface area contributed by atoms with Crippen LogP contribution >= 0.6 is 15.9 Å². The zero-order chi connectivity index (χ0) is 12.1. The van der Waals surface area contributed by atoms with Crippen LogP contribution in [0.3, 0.4) is 0 Å². The normalized spacial score (nSPS) is 9.65. The largest absolute Gasteiger partial charge is 0.363 e. The molecule has 84 valence electrons. The third-order valence-electron chi connectivity index (χ3n) is 2.21. The van der Waals surface area contributed by atoms with E-state index in [0.29, 0.717) is 17.9 Å². The van der Waals surface area contributed by atoms with E-state index in [1.807, 2.05) is 24.3 Å². The molecule has 0 aliphatic heterocycles. The van der Waals surface area contributed by atoms with Gasteiger partial charge in [-0.3, -0.25) is 0 Å². The lowest BCUT2D eigenvalue weighted by Crippen LogP contribution is -2.04. The summed E-state index contributed by atoms with van der Waals surface area (Å²) in [6, 6.07) is 11.6. The Kier molecular flexibility index (Phi) is 3.68. The molecule has 0 fully saturated rings. The zero-order valence-corrected chi connectivity index (χ0v) is 10.5. The van der Waals surface area contributed by atoms with Crippen LogP contribution in [0.2, 0.25) is 0 Å². The third-order valence-corrected chi connectivity index (χ3v) is 2.74. The highest BCUT2D eigenvalue weighted by Crippen LogP contribution is 2.13. The van der Waals surface area contributed by atoms with Gasteiger partial charge in [0.15, 0.2) is 5.82 Å². The Morgan fingerprint density at radius 2 is 2.00 bits per heavy atom. The van der Waals surface area contributed by atoms with Crippen molar-refractivity contribution < 1.29 is 0 Å². The van der Waals surface area contributed by atoms with Crippen molar-refractivity contribution in [3.8, 4) is 6.07 Å². The molecular formula is C12H9BrN4. The lowest BCUT2D eigenvalue weighted by Gasteiger charge is -2.06. The van der Waals surface area contributed by atoms with E-state index in [9.17, 15) is 0 Å². The number of hydrogen-bond acceptors (Lipinski definition) is 4. The molecule has 2 aromatic rings. The number of nitrogens with zero attached hydrogens (tertiary/aromatic N) is 3. The Bertz CT molecular complexity index is 545. The van der Waals surface area contributed by atoms with Gasteiger partial charge in [0.05, 0.1) is 11.8 Å². The minimum atomic E-state index is 0.497. The van der Waals surface area contributed by atoms with E-state index in [0.717, 1.165) is 10.0 Å². The molecule has 17 heavy (non-hydrogen) atoms. The SMILES string of the molecule is N#Cc1ccnnc1NCc1ccc(Br)cc1. The highest BCUT2D eigenvalue weighted by Gasteiger charge is 2.02. The quantitative estimate of drug-likeness (QED) is 0.943. The average Bonchev–Trinajstić information content (AvgIpc) is 2.38. The molecule has 0 unspecified atom stereocenters. The summed E-state index contributed by atoms with van der Waals surface area (Å²) >= 11 is 3.38. The van der Waals surface area contributed by atoms with Crippen molar-refractivity contribution in [1.82, 2.24) is 10.2 Å². The summed E-state index contributed by atoms with van der Waals surface area (Å²) in [5.41, 5.74) is 1.61. The monoisotopic (exact) mass is 288 g/mol. The number of nitrogens with one attached hydrogen (secondary N) is 1. The second kappa shape index (κ2) is 5.41. The molecule has 0 bridgehead atoms.